The first-order valence-corrected chi connectivity index (χ1v) is 15.0. The van der Waals surface area contributed by atoms with Crippen LogP contribution in [0.2, 0.25) is 0 Å². The van der Waals surface area contributed by atoms with Crippen LogP contribution in [0.15, 0.2) is 164 Å². The Hall–Kier alpha value is -5.94. The molecule has 0 N–H and O–H groups in total. The van der Waals surface area contributed by atoms with Crippen molar-refractivity contribution < 1.29 is 17.6 Å². The Kier molecular flexibility index (Phi) is 9.26. The highest BCUT2D eigenvalue weighted by Gasteiger charge is 2.14. The summed E-state index contributed by atoms with van der Waals surface area (Å²) in [6, 6.07) is 46.8. The third kappa shape index (κ3) is 7.48. The molecule has 6 rings (SSSR count). The molecular formula is C42H29F4N. The van der Waals surface area contributed by atoms with Crippen molar-refractivity contribution in [2.75, 3.05) is 4.90 Å². The molecule has 47 heavy (non-hydrogen) atoms. The van der Waals surface area contributed by atoms with E-state index >= 15 is 0 Å². The van der Waals surface area contributed by atoms with Gasteiger partial charge in [-0.05, 0) is 86.5 Å². The van der Waals surface area contributed by atoms with E-state index in [2.05, 4.69) is 47.9 Å². The van der Waals surface area contributed by atoms with Crippen LogP contribution in [0, 0.1) is 0 Å². The van der Waals surface area contributed by atoms with Crippen LogP contribution in [0.25, 0.3) is 51.6 Å². The molecular weight excluding hydrogens is 594 g/mol. The zero-order chi connectivity index (χ0) is 32.8. The minimum atomic E-state index is -1.73. The van der Waals surface area contributed by atoms with Crippen LogP contribution < -0.4 is 4.90 Å². The summed E-state index contributed by atoms with van der Waals surface area (Å²) in [6.45, 7) is 3.83. The van der Waals surface area contributed by atoms with Gasteiger partial charge in [0.15, 0.2) is 0 Å². The van der Waals surface area contributed by atoms with Gasteiger partial charge >= 0.3 is 0 Å². The van der Waals surface area contributed by atoms with Crippen molar-refractivity contribution in [3.8, 4) is 33.4 Å². The number of hydrogen-bond donors (Lipinski definition) is 0. The van der Waals surface area contributed by atoms with Crippen LogP contribution in [-0.2, 0) is 0 Å². The van der Waals surface area contributed by atoms with E-state index in [1.54, 1.807) is 24.3 Å². The van der Waals surface area contributed by atoms with Crippen molar-refractivity contribution in [2.45, 2.75) is 0 Å². The largest absolute Gasteiger partial charge is 0.311 e. The van der Waals surface area contributed by atoms with E-state index in [-0.39, 0.29) is 0 Å². The van der Waals surface area contributed by atoms with Gasteiger partial charge in [-0.1, -0.05) is 122 Å². The summed E-state index contributed by atoms with van der Waals surface area (Å²) in [5.74, 6) is 0. The molecule has 0 unspecified atom stereocenters. The van der Waals surface area contributed by atoms with Crippen LogP contribution in [-0.4, -0.2) is 0 Å². The molecule has 0 aromatic heterocycles. The molecule has 0 fully saturated rings. The number of hydrogen-bond acceptors (Lipinski definition) is 1. The van der Waals surface area contributed by atoms with Gasteiger partial charge in [0.2, 0.25) is 0 Å². The van der Waals surface area contributed by atoms with Gasteiger partial charge in [0.1, 0.15) is 0 Å². The number of halogens is 4. The minimum Gasteiger partial charge on any atom is -0.311 e. The van der Waals surface area contributed by atoms with Crippen LogP contribution in [0.1, 0.15) is 16.7 Å². The molecule has 0 aliphatic rings. The lowest BCUT2D eigenvalue weighted by Gasteiger charge is -2.26. The van der Waals surface area contributed by atoms with Gasteiger partial charge in [-0.25, -0.2) is 0 Å². The highest BCUT2D eigenvalue weighted by Crippen LogP contribution is 2.38. The molecule has 5 heteroatoms. The number of nitrogens with zero attached hydrogens (tertiary/aromatic N) is 1. The zero-order valence-electron chi connectivity index (χ0n) is 25.3. The second kappa shape index (κ2) is 14.0. The Morgan fingerprint density at radius 2 is 0.596 bits per heavy atom. The molecule has 0 amide bonds. The highest BCUT2D eigenvalue weighted by atomic mass is 19.3. The van der Waals surface area contributed by atoms with Gasteiger partial charge in [0, 0.05) is 29.2 Å². The van der Waals surface area contributed by atoms with Crippen molar-refractivity contribution >= 4 is 35.3 Å². The van der Waals surface area contributed by atoms with Crippen molar-refractivity contribution in [1.29, 1.82) is 0 Å². The Morgan fingerprint density at radius 3 is 0.830 bits per heavy atom. The van der Waals surface area contributed by atoms with E-state index in [1.165, 1.54) is 0 Å². The summed E-state index contributed by atoms with van der Waals surface area (Å²) in [5, 5.41) is 0. The van der Waals surface area contributed by atoms with Crippen LogP contribution >= 0.6 is 0 Å². The fourth-order valence-electron chi connectivity index (χ4n) is 5.46. The van der Waals surface area contributed by atoms with E-state index < -0.39 is 12.2 Å². The third-order valence-electron chi connectivity index (χ3n) is 7.90. The fourth-order valence-corrected chi connectivity index (χ4v) is 5.46. The zero-order valence-corrected chi connectivity index (χ0v) is 25.3. The maximum absolute atomic E-state index is 12.7. The number of anilines is 3. The van der Waals surface area contributed by atoms with Crippen LogP contribution in [0.5, 0.6) is 0 Å². The Labute approximate surface area is 271 Å². The summed E-state index contributed by atoms with van der Waals surface area (Å²) >= 11 is 0. The van der Waals surface area contributed by atoms with E-state index in [9.17, 15) is 17.6 Å². The maximum Gasteiger partial charge on any atom is 0.270 e. The standard InChI is InChI=1S/C42H29F4N/c1-2-29-3-9-32(10-4-29)35-15-21-38(22-16-35)47(39-23-17-36(18-24-39)33-11-5-30(6-12-33)27-41(43)44)40-25-19-37(20-26-40)34-13-7-31(8-14-34)28-42(45)46/h2-28H,1H2. The molecule has 230 valence electrons. The number of benzene rings is 6. The Morgan fingerprint density at radius 1 is 0.362 bits per heavy atom. The van der Waals surface area contributed by atoms with Gasteiger partial charge in [-0.15, -0.1) is 0 Å². The summed E-state index contributed by atoms with van der Waals surface area (Å²) in [5.41, 5.74) is 10.8. The van der Waals surface area contributed by atoms with Crippen molar-refractivity contribution in [3.63, 3.8) is 0 Å². The van der Waals surface area contributed by atoms with E-state index in [0.717, 1.165) is 68.2 Å². The summed E-state index contributed by atoms with van der Waals surface area (Å²) < 4.78 is 50.7. The van der Waals surface area contributed by atoms with Crippen molar-refractivity contribution in [1.82, 2.24) is 0 Å². The predicted molar refractivity (Wildman–Crippen MR) is 188 cm³/mol. The average molecular weight is 624 g/mol. The predicted octanol–water partition coefficient (Wildman–Crippen LogP) is 13.3. The molecule has 0 radical (unpaired) electrons. The summed E-state index contributed by atoms with van der Waals surface area (Å²) in [6.07, 6.45) is 0.0567. The fraction of sp³-hybridized carbons (Fsp3) is 0. The Bertz CT molecular complexity index is 1910. The van der Waals surface area contributed by atoms with Crippen LogP contribution in [0.4, 0.5) is 34.6 Å². The Balaban J connectivity index is 1.33. The smallest absolute Gasteiger partial charge is 0.270 e. The molecule has 0 saturated carbocycles. The lowest BCUT2D eigenvalue weighted by Crippen LogP contribution is -2.09. The van der Waals surface area contributed by atoms with E-state index in [0.29, 0.717) is 11.1 Å². The average Bonchev–Trinajstić information content (AvgIpc) is 3.10. The minimum absolute atomic E-state index is 0.446. The van der Waals surface area contributed by atoms with Gasteiger partial charge < -0.3 is 4.90 Å². The monoisotopic (exact) mass is 623 g/mol. The van der Waals surface area contributed by atoms with Crippen LogP contribution in [0.3, 0.4) is 0 Å². The molecule has 0 spiro atoms. The first kappa shape index (κ1) is 31.1. The quantitative estimate of drug-likeness (QED) is 0.145. The molecule has 6 aromatic carbocycles. The second-order valence-corrected chi connectivity index (χ2v) is 10.9. The second-order valence-electron chi connectivity index (χ2n) is 10.9. The van der Waals surface area contributed by atoms with Crippen molar-refractivity contribution in [3.05, 3.63) is 181 Å². The number of rotatable bonds is 9. The molecule has 0 atom stereocenters. The molecule has 0 aliphatic heterocycles. The molecule has 0 aliphatic carbocycles. The first-order valence-electron chi connectivity index (χ1n) is 15.0. The first-order chi connectivity index (χ1) is 22.9. The molecule has 0 heterocycles. The molecule has 1 nitrogen and oxygen atoms in total. The molecule has 0 saturated heterocycles. The summed E-state index contributed by atoms with van der Waals surface area (Å²) in [4.78, 5) is 2.16. The normalized spacial score (nSPS) is 10.6. The molecule has 6 aromatic rings. The van der Waals surface area contributed by atoms with E-state index in [4.69, 9.17) is 0 Å². The highest BCUT2D eigenvalue weighted by molar-refractivity contribution is 5.81. The van der Waals surface area contributed by atoms with Gasteiger partial charge in [-0.3, -0.25) is 0 Å². The molecule has 0 bridgehead atoms. The topological polar surface area (TPSA) is 3.24 Å². The summed E-state index contributed by atoms with van der Waals surface area (Å²) in [7, 11) is 0. The van der Waals surface area contributed by atoms with E-state index in [1.807, 2.05) is 91.0 Å². The van der Waals surface area contributed by atoms with Gasteiger partial charge in [0.25, 0.3) is 12.2 Å². The maximum atomic E-state index is 12.7. The van der Waals surface area contributed by atoms with Gasteiger partial charge in [-0.2, -0.15) is 17.6 Å². The third-order valence-corrected chi connectivity index (χ3v) is 7.90. The lowest BCUT2D eigenvalue weighted by molar-refractivity contribution is 0.428. The lowest BCUT2D eigenvalue weighted by atomic mass is 10.0. The van der Waals surface area contributed by atoms with Crippen molar-refractivity contribution in [2.24, 2.45) is 0 Å². The SMILES string of the molecule is C=Cc1ccc(-c2ccc(N(c3ccc(-c4ccc(C=C(F)F)cc4)cc3)c3ccc(-c4ccc(C=C(F)F)cc4)cc3)cc2)cc1. The van der Waals surface area contributed by atoms with Gasteiger partial charge in [0.05, 0.1) is 0 Å².